The smallest absolute Gasteiger partial charge is 0.222 e. The Morgan fingerprint density at radius 3 is 2.21 bits per heavy atom. The van der Waals surface area contributed by atoms with Crippen LogP contribution in [0.4, 0.5) is 0 Å². The quantitative estimate of drug-likeness (QED) is 0.681. The van der Waals surface area contributed by atoms with Gasteiger partial charge in [0, 0.05) is 49.4 Å². The van der Waals surface area contributed by atoms with E-state index in [0.717, 1.165) is 12.1 Å². The SMILES string of the molecule is C[C@@H](Cc1cnccn1)N1CC(c2ccccc2)(c2ccccc2)CCC1=O. The van der Waals surface area contributed by atoms with Crippen LogP contribution in [0.3, 0.4) is 0 Å². The topological polar surface area (TPSA) is 46.1 Å². The number of aromatic nitrogens is 2. The van der Waals surface area contributed by atoms with Gasteiger partial charge in [-0.25, -0.2) is 0 Å². The van der Waals surface area contributed by atoms with Crippen LogP contribution in [-0.2, 0) is 16.6 Å². The van der Waals surface area contributed by atoms with Crippen molar-refractivity contribution in [1.82, 2.24) is 14.9 Å². The Bertz CT molecular complexity index is 873. The third kappa shape index (κ3) is 3.55. The zero-order chi connectivity index (χ0) is 19.4. The summed E-state index contributed by atoms with van der Waals surface area (Å²) < 4.78 is 0. The first-order valence-corrected chi connectivity index (χ1v) is 9.84. The highest BCUT2D eigenvalue weighted by molar-refractivity contribution is 5.78. The summed E-state index contributed by atoms with van der Waals surface area (Å²) in [5.41, 5.74) is 3.27. The first kappa shape index (κ1) is 18.4. The lowest BCUT2D eigenvalue weighted by Gasteiger charge is -2.45. The van der Waals surface area contributed by atoms with Crippen LogP contribution in [0.5, 0.6) is 0 Å². The van der Waals surface area contributed by atoms with E-state index in [2.05, 4.69) is 65.4 Å². The van der Waals surface area contributed by atoms with Gasteiger partial charge in [-0.05, 0) is 24.5 Å². The van der Waals surface area contributed by atoms with Crippen LogP contribution in [0.2, 0.25) is 0 Å². The number of hydrogen-bond donors (Lipinski definition) is 0. The number of hydrogen-bond acceptors (Lipinski definition) is 3. The molecule has 28 heavy (non-hydrogen) atoms. The van der Waals surface area contributed by atoms with E-state index in [1.54, 1.807) is 18.6 Å². The van der Waals surface area contributed by atoms with Crippen molar-refractivity contribution in [2.24, 2.45) is 0 Å². The third-order valence-corrected chi connectivity index (χ3v) is 5.83. The molecule has 0 N–H and O–H groups in total. The largest absolute Gasteiger partial charge is 0.338 e. The Hall–Kier alpha value is -3.01. The zero-order valence-electron chi connectivity index (χ0n) is 16.2. The number of amides is 1. The second kappa shape index (κ2) is 7.93. The summed E-state index contributed by atoms with van der Waals surface area (Å²) in [6.07, 6.45) is 7.25. The second-order valence-electron chi connectivity index (χ2n) is 7.59. The summed E-state index contributed by atoms with van der Waals surface area (Å²) in [5.74, 6) is 0.221. The first-order chi connectivity index (χ1) is 13.7. The standard InChI is InChI=1S/C24H25N3O/c1-19(16-22-17-25-14-15-26-22)27-18-24(13-12-23(27)28,20-8-4-2-5-9-20)21-10-6-3-7-11-21/h2-11,14-15,17,19H,12-13,16,18H2,1H3/t19-/m0/s1. The summed E-state index contributed by atoms with van der Waals surface area (Å²) >= 11 is 0. The highest BCUT2D eigenvalue weighted by atomic mass is 16.2. The molecule has 2 heterocycles. The van der Waals surface area contributed by atoms with Crippen molar-refractivity contribution < 1.29 is 4.79 Å². The molecule has 0 spiro atoms. The lowest BCUT2D eigenvalue weighted by molar-refractivity contribution is -0.137. The van der Waals surface area contributed by atoms with Gasteiger partial charge in [0.05, 0.1) is 5.69 Å². The number of carbonyl (C=O) groups excluding carboxylic acids is 1. The Morgan fingerprint density at radius 1 is 1.00 bits per heavy atom. The van der Waals surface area contributed by atoms with E-state index >= 15 is 0 Å². The number of nitrogens with zero attached hydrogens (tertiary/aromatic N) is 3. The molecule has 1 aromatic heterocycles. The molecule has 1 saturated heterocycles. The summed E-state index contributed by atoms with van der Waals surface area (Å²) in [4.78, 5) is 23.5. The van der Waals surface area contributed by atoms with E-state index in [4.69, 9.17) is 0 Å². The fourth-order valence-electron chi connectivity index (χ4n) is 4.32. The van der Waals surface area contributed by atoms with Gasteiger partial charge in [-0.1, -0.05) is 60.7 Å². The van der Waals surface area contributed by atoms with Gasteiger partial charge in [0.25, 0.3) is 0 Å². The van der Waals surface area contributed by atoms with Gasteiger partial charge in [0.2, 0.25) is 5.91 Å². The third-order valence-electron chi connectivity index (χ3n) is 5.83. The van der Waals surface area contributed by atoms with Crippen LogP contribution < -0.4 is 0 Å². The predicted octanol–water partition coefficient (Wildman–Crippen LogP) is 4.02. The summed E-state index contributed by atoms with van der Waals surface area (Å²) in [5, 5.41) is 0. The number of piperidine rings is 1. The van der Waals surface area contributed by atoms with Crippen LogP contribution in [0.1, 0.15) is 36.6 Å². The minimum absolute atomic E-state index is 0.0660. The summed E-state index contributed by atoms with van der Waals surface area (Å²) in [6.45, 7) is 2.79. The lowest BCUT2D eigenvalue weighted by atomic mass is 9.69. The highest BCUT2D eigenvalue weighted by Crippen LogP contribution is 2.41. The number of carbonyl (C=O) groups is 1. The summed E-state index contributed by atoms with van der Waals surface area (Å²) in [6, 6.07) is 21.3. The van der Waals surface area contributed by atoms with Crippen LogP contribution in [0.25, 0.3) is 0 Å². The van der Waals surface area contributed by atoms with Crippen molar-refractivity contribution in [2.75, 3.05) is 6.54 Å². The average Bonchev–Trinajstić information content (AvgIpc) is 2.76. The number of rotatable bonds is 5. The fourth-order valence-corrected chi connectivity index (χ4v) is 4.32. The molecule has 1 aliphatic heterocycles. The van der Waals surface area contributed by atoms with Crippen LogP contribution >= 0.6 is 0 Å². The van der Waals surface area contributed by atoms with Gasteiger partial charge in [-0.15, -0.1) is 0 Å². The monoisotopic (exact) mass is 371 g/mol. The maximum atomic E-state index is 12.9. The molecule has 3 aromatic rings. The minimum Gasteiger partial charge on any atom is -0.338 e. The molecule has 4 rings (SSSR count). The van der Waals surface area contributed by atoms with Gasteiger partial charge in [-0.3, -0.25) is 14.8 Å². The van der Waals surface area contributed by atoms with Gasteiger partial charge >= 0.3 is 0 Å². The molecule has 0 radical (unpaired) electrons. The van der Waals surface area contributed by atoms with Crippen LogP contribution in [0, 0.1) is 0 Å². The highest BCUT2D eigenvalue weighted by Gasteiger charge is 2.42. The maximum Gasteiger partial charge on any atom is 0.222 e. The molecular weight excluding hydrogens is 346 g/mol. The van der Waals surface area contributed by atoms with E-state index in [9.17, 15) is 4.79 Å². The molecule has 0 aliphatic carbocycles. The van der Waals surface area contributed by atoms with Gasteiger partial charge in [-0.2, -0.15) is 0 Å². The molecule has 4 heteroatoms. The molecule has 1 aliphatic rings. The second-order valence-corrected chi connectivity index (χ2v) is 7.59. The molecular formula is C24H25N3O. The van der Waals surface area contributed by atoms with E-state index < -0.39 is 0 Å². The molecule has 142 valence electrons. The Balaban J connectivity index is 1.69. The molecule has 1 atom stereocenters. The van der Waals surface area contributed by atoms with Crippen molar-refractivity contribution in [3.63, 3.8) is 0 Å². The zero-order valence-corrected chi connectivity index (χ0v) is 16.2. The van der Waals surface area contributed by atoms with Gasteiger partial charge in [0.1, 0.15) is 0 Å². The number of benzene rings is 2. The molecule has 4 nitrogen and oxygen atoms in total. The van der Waals surface area contributed by atoms with Gasteiger partial charge < -0.3 is 4.90 Å². The molecule has 1 amide bonds. The summed E-state index contributed by atoms with van der Waals surface area (Å²) in [7, 11) is 0. The lowest BCUT2D eigenvalue weighted by Crippen LogP contribution is -2.53. The molecule has 2 aromatic carbocycles. The molecule has 0 unspecified atom stereocenters. The minimum atomic E-state index is -0.187. The van der Waals surface area contributed by atoms with Crippen LogP contribution in [-0.4, -0.2) is 33.4 Å². The maximum absolute atomic E-state index is 12.9. The average molecular weight is 371 g/mol. The fraction of sp³-hybridized carbons (Fsp3) is 0.292. The molecule has 0 bridgehead atoms. The van der Waals surface area contributed by atoms with E-state index in [0.29, 0.717) is 19.4 Å². The van der Waals surface area contributed by atoms with Crippen LogP contribution in [0.15, 0.2) is 79.3 Å². The van der Waals surface area contributed by atoms with Gasteiger partial charge in [0.15, 0.2) is 0 Å². The normalized spacial score (nSPS) is 17.3. The first-order valence-electron chi connectivity index (χ1n) is 9.84. The van der Waals surface area contributed by atoms with Crippen molar-refractivity contribution in [2.45, 2.75) is 37.6 Å². The Morgan fingerprint density at radius 2 is 1.64 bits per heavy atom. The Kier molecular flexibility index (Phi) is 5.20. The van der Waals surface area contributed by atoms with Crippen molar-refractivity contribution in [3.05, 3.63) is 96.1 Å². The Labute approximate surface area is 166 Å². The predicted molar refractivity (Wildman–Crippen MR) is 110 cm³/mol. The number of likely N-dealkylation sites (tertiary alicyclic amines) is 1. The van der Waals surface area contributed by atoms with Crippen molar-refractivity contribution in [3.8, 4) is 0 Å². The van der Waals surface area contributed by atoms with E-state index in [1.165, 1.54) is 11.1 Å². The molecule has 0 saturated carbocycles. The van der Waals surface area contributed by atoms with E-state index in [-0.39, 0.29) is 17.4 Å². The van der Waals surface area contributed by atoms with Crippen molar-refractivity contribution >= 4 is 5.91 Å². The van der Waals surface area contributed by atoms with Crippen molar-refractivity contribution in [1.29, 1.82) is 0 Å². The molecule has 1 fully saturated rings. The van der Waals surface area contributed by atoms with E-state index in [1.807, 2.05) is 17.0 Å².